The third kappa shape index (κ3) is 1.91. The Morgan fingerprint density at radius 2 is 1.87 bits per heavy atom. The lowest BCUT2D eigenvalue weighted by Gasteiger charge is -2.54. The highest BCUT2D eigenvalue weighted by atomic mass is 16.6. The van der Waals surface area contributed by atoms with Crippen LogP contribution < -0.4 is 5.32 Å². The van der Waals surface area contributed by atoms with Gasteiger partial charge in [-0.05, 0) is 12.5 Å². The van der Waals surface area contributed by atoms with Crippen LogP contribution in [0.1, 0.15) is 12.5 Å². The Morgan fingerprint density at radius 3 is 2.61 bits per heavy atom. The molecule has 2 amide bonds. The van der Waals surface area contributed by atoms with Crippen LogP contribution in [0.15, 0.2) is 42.2 Å². The van der Waals surface area contributed by atoms with Gasteiger partial charge in [-0.25, -0.2) is 4.79 Å². The quantitative estimate of drug-likeness (QED) is 0.663. The van der Waals surface area contributed by atoms with Crippen molar-refractivity contribution in [3.8, 4) is 0 Å². The number of fused-ring (bicyclic) bond motifs is 4. The fourth-order valence-corrected chi connectivity index (χ4v) is 3.90. The molecule has 2 fully saturated rings. The molecule has 0 radical (unpaired) electrons. The molecular formula is C17H15NO5. The third-order valence-electron chi connectivity index (χ3n) is 4.92. The van der Waals surface area contributed by atoms with Crippen molar-refractivity contribution in [2.75, 3.05) is 0 Å². The Bertz CT molecular complexity index is 741. The van der Waals surface area contributed by atoms with Crippen LogP contribution in [-0.2, 0) is 30.5 Å². The van der Waals surface area contributed by atoms with Gasteiger partial charge in [-0.2, -0.15) is 0 Å². The number of hydrogen-bond acceptors (Lipinski definition) is 5. The molecular weight excluding hydrogens is 298 g/mol. The highest BCUT2D eigenvalue weighted by Crippen LogP contribution is 2.58. The lowest BCUT2D eigenvalue weighted by Crippen LogP contribution is -2.66. The smallest absolute Gasteiger partial charge is 0.334 e. The van der Waals surface area contributed by atoms with Crippen LogP contribution in [0.25, 0.3) is 0 Å². The van der Waals surface area contributed by atoms with E-state index >= 15 is 0 Å². The Kier molecular flexibility index (Phi) is 2.85. The molecule has 1 aliphatic carbocycles. The number of nitrogens with one attached hydrogen (secondary N) is 1. The number of carbonyl (C=O) groups is 3. The molecule has 2 aliphatic heterocycles. The Labute approximate surface area is 132 Å². The average molecular weight is 313 g/mol. The number of hydrogen-bond donors (Lipinski definition) is 1. The van der Waals surface area contributed by atoms with Gasteiger partial charge in [-0.15, -0.1) is 0 Å². The van der Waals surface area contributed by atoms with Crippen molar-refractivity contribution in [2.24, 2.45) is 17.8 Å². The largest absolute Gasteiger partial charge is 0.492 e. The summed E-state index contributed by atoms with van der Waals surface area (Å²) in [6.45, 7) is 1.98. The van der Waals surface area contributed by atoms with E-state index in [1.807, 2.05) is 30.3 Å². The summed E-state index contributed by atoms with van der Waals surface area (Å²) < 4.78 is 11.2. The SMILES string of the molecule is C[C@]12OC(=O)C=C(OCc3ccccc3)C1C1C(=O)NC(=O)C12. The first-order valence-electron chi connectivity index (χ1n) is 7.47. The number of imide groups is 1. The maximum atomic E-state index is 12.0. The van der Waals surface area contributed by atoms with Gasteiger partial charge in [0.1, 0.15) is 18.0 Å². The Hall–Kier alpha value is -2.63. The number of rotatable bonds is 3. The van der Waals surface area contributed by atoms with Crippen LogP contribution in [0.4, 0.5) is 0 Å². The topological polar surface area (TPSA) is 81.7 Å². The summed E-state index contributed by atoms with van der Waals surface area (Å²) in [5.41, 5.74) is -0.0597. The summed E-state index contributed by atoms with van der Waals surface area (Å²) >= 11 is 0. The lowest BCUT2D eigenvalue weighted by molar-refractivity contribution is -0.212. The summed E-state index contributed by atoms with van der Waals surface area (Å²) in [6, 6.07) is 9.53. The molecule has 4 rings (SSSR count). The molecule has 1 saturated heterocycles. The summed E-state index contributed by atoms with van der Waals surface area (Å²) in [5, 5.41) is 2.32. The standard InChI is InChI=1S/C17H15NO5/c1-17-13(12-14(17)16(21)18-15(12)20)10(7-11(19)23-17)22-8-9-5-3-2-4-6-9/h2-7,12-14H,8H2,1H3,(H,18,20,21)/t12?,13?,14?,17-/m0/s1. The first-order chi connectivity index (χ1) is 11.0. The third-order valence-corrected chi connectivity index (χ3v) is 4.92. The van der Waals surface area contributed by atoms with E-state index in [-0.39, 0.29) is 11.8 Å². The zero-order valence-electron chi connectivity index (χ0n) is 12.4. The highest BCUT2D eigenvalue weighted by Gasteiger charge is 2.73. The van der Waals surface area contributed by atoms with Crippen LogP contribution in [0.5, 0.6) is 0 Å². The van der Waals surface area contributed by atoms with Gasteiger partial charge in [-0.1, -0.05) is 30.3 Å². The Morgan fingerprint density at radius 1 is 1.13 bits per heavy atom. The molecule has 3 aliphatic rings. The predicted octanol–water partition coefficient (Wildman–Crippen LogP) is 0.921. The number of ether oxygens (including phenoxy) is 2. The molecule has 1 saturated carbocycles. The molecule has 1 aromatic rings. The zero-order valence-corrected chi connectivity index (χ0v) is 12.4. The first-order valence-corrected chi connectivity index (χ1v) is 7.47. The van der Waals surface area contributed by atoms with Crippen LogP contribution in [-0.4, -0.2) is 23.4 Å². The maximum Gasteiger partial charge on any atom is 0.334 e. The van der Waals surface area contributed by atoms with Crippen molar-refractivity contribution < 1.29 is 23.9 Å². The number of carbonyl (C=O) groups excluding carboxylic acids is 3. The zero-order chi connectivity index (χ0) is 16.2. The van der Waals surface area contributed by atoms with Crippen LogP contribution in [0.2, 0.25) is 0 Å². The van der Waals surface area contributed by atoms with E-state index in [1.165, 1.54) is 6.08 Å². The van der Waals surface area contributed by atoms with Crippen LogP contribution in [0.3, 0.4) is 0 Å². The van der Waals surface area contributed by atoms with Crippen molar-refractivity contribution in [1.29, 1.82) is 0 Å². The summed E-state index contributed by atoms with van der Waals surface area (Å²) in [4.78, 5) is 35.8. The van der Waals surface area contributed by atoms with Gasteiger partial charge < -0.3 is 9.47 Å². The van der Waals surface area contributed by atoms with E-state index < -0.39 is 29.3 Å². The molecule has 0 bridgehead atoms. The van der Waals surface area contributed by atoms with E-state index in [0.717, 1.165) is 5.56 Å². The molecule has 0 spiro atoms. The first kappa shape index (κ1) is 14.0. The van der Waals surface area contributed by atoms with Gasteiger partial charge in [0.05, 0.1) is 23.8 Å². The van der Waals surface area contributed by atoms with Crippen molar-refractivity contribution in [3.05, 3.63) is 47.7 Å². The fraction of sp³-hybridized carbons (Fsp3) is 0.353. The van der Waals surface area contributed by atoms with Gasteiger partial charge >= 0.3 is 5.97 Å². The minimum absolute atomic E-state index is 0.291. The van der Waals surface area contributed by atoms with Gasteiger partial charge in [0, 0.05) is 0 Å². The average Bonchev–Trinajstić information content (AvgIpc) is 2.76. The molecule has 3 unspecified atom stereocenters. The van der Waals surface area contributed by atoms with Gasteiger partial charge in [-0.3, -0.25) is 14.9 Å². The molecule has 0 aromatic heterocycles. The summed E-state index contributed by atoms with van der Waals surface area (Å²) in [6.07, 6.45) is 1.28. The van der Waals surface area contributed by atoms with Crippen molar-refractivity contribution in [1.82, 2.24) is 5.32 Å². The van der Waals surface area contributed by atoms with Crippen molar-refractivity contribution in [2.45, 2.75) is 19.1 Å². The van der Waals surface area contributed by atoms with Gasteiger partial charge in [0.25, 0.3) is 0 Å². The monoisotopic (exact) mass is 313 g/mol. The number of benzene rings is 1. The minimum Gasteiger partial charge on any atom is -0.492 e. The summed E-state index contributed by atoms with van der Waals surface area (Å²) in [7, 11) is 0. The molecule has 6 heteroatoms. The van der Waals surface area contributed by atoms with Crippen molar-refractivity contribution >= 4 is 17.8 Å². The van der Waals surface area contributed by atoms with E-state index in [0.29, 0.717) is 12.4 Å². The van der Waals surface area contributed by atoms with E-state index in [9.17, 15) is 14.4 Å². The summed E-state index contributed by atoms with van der Waals surface area (Å²) in [5.74, 6) is -2.41. The molecule has 1 N–H and O–H groups in total. The van der Waals surface area contributed by atoms with Crippen molar-refractivity contribution in [3.63, 3.8) is 0 Å². The van der Waals surface area contributed by atoms with E-state index in [4.69, 9.17) is 9.47 Å². The minimum atomic E-state index is -1.02. The van der Waals surface area contributed by atoms with Gasteiger partial charge in [0.2, 0.25) is 11.8 Å². The lowest BCUT2D eigenvalue weighted by atomic mass is 9.53. The second kappa shape index (κ2) is 4.68. The molecule has 1 aromatic carbocycles. The van der Waals surface area contributed by atoms with E-state index in [2.05, 4.69) is 5.32 Å². The second-order valence-electron chi connectivity index (χ2n) is 6.26. The second-order valence-corrected chi connectivity index (χ2v) is 6.26. The van der Waals surface area contributed by atoms with Gasteiger partial charge in [0.15, 0.2) is 0 Å². The normalized spacial score (nSPS) is 34.6. The molecule has 6 nitrogen and oxygen atoms in total. The molecule has 2 heterocycles. The fourth-order valence-electron chi connectivity index (χ4n) is 3.90. The van der Waals surface area contributed by atoms with Crippen LogP contribution >= 0.6 is 0 Å². The number of amides is 2. The molecule has 23 heavy (non-hydrogen) atoms. The highest BCUT2D eigenvalue weighted by molar-refractivity contribution is 6.08. The van der Waals surface area contributed by atoms with E-state index in [1.54, 1.807) is 6.92 Å². The Balaban J connectivity index is 1.61. The number of esters is 1. The maximum absolute atomic E-state index is 12.0. The molecule has 118 valence electrons. The predicted molar refractivity (Wildman–Crippen MR) is 77.4 cm³/mol. The van der Waals surface area contributed by atoms with Crippen LogP contribution in [0, 0.1) is 17.8 Å². The molecule has 4 atom stereocenters.